The van der Waals surface area contributed by atoms with Gasteiger partial charge in [-0.3, -0.25) is 0 Å². The summed E-state index contributed by atoms with van der Waals surface area (Å²) >= 11 is 3.02. The van der Waals surface area contributed by atoms with Gasteiger partial charge in [-0.1, -0.05) is 29.8 Å². The summed E-state index contributed by atoms with van der Waals surface area (Å²) in [6, 6.07) is 3.85. The lowest BCUT2D eigenvalue weighted by molar-refractivity contribution is -0.137. The zero-order chi connectivity index (χ0) is 16.0. The Morgan fingerprint density at radius 1 is 1.29 bits per heavy atom. The lowest BCUT2D eigenvalue weighted by Crippen LogP contribution is -2.26. The third kappa shape index (κ3) is 6.67. The van der Waals surface area contributed by atoms with Crippen LogP contribution in [-0.4, -0.2) is 31.0 Å². The first-order valence-corrected chi connectivity index (χ1v) is 7.36. The Balaban J connectivity index is 2.59. The molecule has 0 saturated carbocycles. The number of hydrogen-bond acceptors (Lipinski definition) is 3. The van der Waals surface area contributed by atoms with Crippen LogP contribution in [0.5, 0.6) is 0 Å². The zero-order valence-corrected chi connectivity index (χ0v) is 13.5. The van der Waals surface area contributed by atoms with E-state index < -0.39 is 17.8 Å². The van der Waals surface area contributed by atoms with Gasteiger partial charge in [-0.2, -0.15) is 13.2 Å². The van der Waals surface area contributed by atoms with Crippen molar-refractivity contribution in [1.82, 2.24) is 0 Å². The van der Waals surface area contributed by atoms with Crippen LogP contribution in [0.15, 0.2) is 22.7 Å². The van der Waals surface area contributed by atoms with Crippen molar-refractivity contribution in [2.45, 2.75) is 26.1 Å². The van der Waals surface area contributed by atoms with E-state index in [9.17, 15) is 18.3 Å². The topological polar surface area (TPSA) is 41.5 Å². The predicted molar refractivity (Wildman–Crippen MR) is 79.3 cm³/mol. The van der Waals surface area contributed by atoms with Gasteiger partial charge in [0.15, 0.2) is 0 Å². The summed E-state index contributed by atoms with van der Waals surface area (Å²) in [5.74, 6) is 0.341. The highest BCUT2D eigenvalue weighted by Gasteiger charge is 2.33. The maximum absolute atomic E-state index is 12.9. The number of nitrogens with one attached hydrogen (secondary N) is 1. The molecule has 0 fully saturated rings. The molecule has 0 aromatic heterocycles. The fourth-order valence-corrected chi connectivity index (χ4v) is 1.99. The SMILES string of the molecule is CC(C)COCC(O)CNc1ccc(Br)cc1C(F)(F)F. The molecule has 1 unspecified atom stereocenters. The van der Waals surface area contributed by atoms with Crippen molar-refractivity contribution >= 4 is 21.6 Å². The number of aliphatic hydroxyl groups excluding tert-OH is 1. The normalized spacial score (nSPS) is 13.5. The van der Waals surface area contributed by atoms with Crippen LogP contribution in [0, 0.1) is 5.92 Å². The van der Waals surface area contributed by atoms with E-state index in [4.69, 9.17) is 4.74 Å². The van der Waals surface area contributed by atoms with Crippen LogP contribution in [0.4, 0.5) is 18.9 Å². The molecule has 0 bridgehead atoms. The van der Waals surface area contributed by atoms with E-state index in [-0.39, 0.29) is 18.8 Å². The molecule has 0 aliphatic heterocycles. The number of anilines is 1. The Kier molecular flexibility index (Phi) is 6.96. The first-order chi connectivity index (χ1) is 9.70. The molecule has 2 N–H and O–H groups in total. The third-order valence-corrected chi connectivity index (χ3v) is 3.07. The maximum atomic E-state index is 12.9. The third-order valence-electron chi connectivity index (χ3n) is 2.58. The lowest BCUT2D eigenvalue weighted by Gasteiger charge is -2.18. The van der Waals surface area contributed by atoms with Gasteiger partial charge < -0.3 is 15.2 Å². The first-order valence-electron chi connectivity index (χ1n) is 6.56. The van der Waals surface area contributed by atoms with Gasteiger partial charge in [0, 0.05) is 23.3 Å². The summed E-state index contributed by atoms with van der Waals surface area (Å²) < 4.78 is 44.3. The van der Waals surface area contributed by atoms with Crippen molar-refractivity contribution in [3.05, 3.63) is 28.2 Å². The van der Waals surface area contributed by atoms with Crippen molar-refractivity contribution in [1.29, 1.82) is 0 Å². The number of hydrogen-bond donors (Lipinski definition) is 2. The largest absolute Gasteiger partial charge is 0.418 e. The van der Waals surface area contributed by atoms with Gasteiger partial charge in [-0.05, 0) is 24.1 Å². The Hall–Kier alpha value is -0.790. The minimum absolute atomic E-state index is 0.0111. The second kappa shape index (κ2) is 8.00. The van der Waals surface area contributed by atoms with Crippen LogP contribution in [0.3, 0.4) is 0 Å². The molecular weight excluding hydrogens is 351 g/mol. The van der Waals surface area contributed by atoms with Crippen LogP contribution in [0.2, 0.25) is 0 Å². The Morgan fingerprint density at radius 3 is 2.52 bits per heavy atom. The smallest absolute Gasteiger partial charge is 0.389 e. The molecule has 0 aliphatic carbocycles. The Morgan fingerprint density at radius 2 is 1.95 bits per heavy atom. The fourth-order valence-electron chi connectivity index (χ4n) is 1.63. The second-order valence-electron chi connectivity index (χ2n) is 5.15. The van der Waals surface area contributed by atoms with Gasteiger partial charge in [0.25, 0.3) is 0 Å². The highest BCUT2D eigenvalue weighted by Crippen LogP contribution is 2.36. The monoisotopic (exact) mass is 369 g/mol. The molecule has 1 rings (SSSR count). The number of ether oxygens (including phenoxy) is 1. The van der Waals surface area contributed by atoms with E-state index in [0.29, 0.717) is 17.0 Å². The summed E-state index contributed by atoms with van der Waals surface area (Å²) in [6.45, 7) is 4.53. The van der Waals surface area contributed by atoms with E-state index in [1.807, 2.05) is 13.8 Å². The van der Waals surface area contributed by atoms with Crippen molar-refractivity contribution < 1.29 is 23.0 Å². The van der Waals surface area contributed by atoms with Crippen LogP contribution in [-0.2, 0) is 10.9 Å². The van der Waals surface area contributed by atoms with Crippen molar-refractivity contribution in [3.8, 4) is 0 Å². The van der Waals surface area contributed by atoms with Crippen LogP contribution in [0.25, 0.3) is 0 Å². The fraction of sp³-hybridized carbons (Fsp3) is 0.571. The zero-order valence-electron chi connectivity index (χ0n) is 11.9. The minimum atomic E-state index is -4.45. The highest BCUT2D eigenvalue weighted by molar-refractivity contribution is 9.10. The molecule has 0 amide bonds. The van der Waals surface area contributed by atoms with Crippen LogP contribution < -0.4 is 5.32 Å². The molecule has 0 aliphatic rings. The number of aliphatic hydroxyl groups is 1. The van der Waals surface area contributed by atoms with E-state index in [1.165, 1.54) is 12.1 Å². The molecule has 1 aromatic rings. The maximum Gasteiger partial charge on any atom is 0.418 e. The van der Waals surface area contributed by atoms with E-state index in [2.05, 4.69) is 21.2 Å². The van der Waals surface area contributed by atoms with Gasteiger partial charge in [-0.25, -0.2) is 0 Å². The highest BCUT2D eigenvalue weighted by atomic mass is 79.9. The molecule has 1 aromatic carbocycles. The molecule has 21 heavy (non-hydrogen) atoms. The minimum Gasteiger partial charge on any atom is -0.389 e. The molecule has 120 valence electrons. The first kappa shape index (κ1) is 18.3. The number of rotatable bonds is 7. The van der Waals surface area contributed by atoms with Gasteiger partial charge in [0.1, 0.15) is 0 Å². The van der Waals surface area contributed by atoms with Crippen molar-refractivity contribution in [2.75, 3.05) is 25.1 Å². The molecule has 1 atom stereocenters. The van der Waals surface area contributed by atoms with Gasteiger partial charge in [0.05, 0.1) is 18.3 Å². The summed E-state index contributed by atoms with van der Waals surface area (Å²) in [7, 11) is 0. The predicted octanol–water partition coefficient (Wildman–Crippen LogP) is 3.91. The molecule has 0 radical (unpaired) electrons. The van der Waals surface area contributed by atoms with Crippen molar-refractivity contribution in [2.24, 2.45) is 5.92 Å². The average molecular weight is 370 g/mol. The Labute approximate surface area is 130 Å². The summed E-state index contributed by atoms with van der Waals surface area (Å²) in [5, 5.41) is 12.3. The van der Waals surface area contributed by atoms with Crippen LogP contribution >= 0.6 is 15.9 Å². The summed E-state index contributed by atoms with van der Waals surface area (Å²) in [5.41, 5.74) is -0.833. The molecule has 0 saturated heterocycles. The van der Waals surface area contributed by atoms with E-state index in [1.54, 1.807) is 0 Å². The number of halogens is 4. The van der Waals surface area contributed by atoms with Gasteiger partial charge >= 0.3 is 6.18 Å². The quantitative estimate of drug-likeness (QED) is 0.765. The molecule has 3 nitrogen and oxygen atoms in total. The van der Waals surface area contributed by atoms with Gasteiger partial charge in [-0.15, -0.1) is 0 Å². The number of benzene rings is 1. The average Bonchev–Trinajstić information content (AvgIpc) is 2.35. The van der Waals surface area contributed by atoms with Gasteiger partial charge in [0.2, 0.25) is 0 Å². The summed E-state index contributed by atoms with van der Waals surface area (Å²) in [4.78, 5) is 0. The van der Waals surface area contributed by atoms with E-state index >= 15 is 0 Å². The molecular formula is C14H19BrF3NO2. The van der Waals surface area contributed by atoms with Crippen LogP contribution in [0.1, 0.15) is 19.4 Å². The lowest BCUT2D eigenvalue weighted by atomic mass is 10.1. The molecule has 0 heterocycles. The number of alkyl halides is 3. The second-order valence-corrected chi connectivity index (χ2v) is 6.07. The molecule has 0 spiro atoms. The summed E-state index contributed by atoms with van der Waals surface area (Å²) in [6.07, 6.45) is -5.32. The molecule has 7 heteroatoms. The van der Waals surface area contributed by atoms with E-state index in [0.717, 1.165) is 6.07 Å². The standard InChI is InChI=1S/C14H19BrF3NO2/c1-9(2)7-21-8-11(20)6-19-13-4-3-10(15)5-12(13)14(16,17)18/h3-5,9,11,19-20H,6-8H2,1-2H3. The van der Waals surface area contributed by atoms with Crippen molar-refractivity contribution in [3.63, 3.8) is 0 Å². The Bertz CT molecular complexity index is 452.